The Labute approximate surface area is 134 Å². The second-order valence-electron chi connectivity index (χ2n) is 4.28. The van der Waals surface area contributed by atoms with Crippen molar-refractivity contribution < 1.29 is 0 Å². The number of imidazole rings is 1. The zero-order valence-corrected chi connectivity index (χ0v) is 13.5. The molecular formula is C13H12BrClN6. The largest absolute Gasteiger partial charge is 0.354 e. The fraction of sp³-hybridized carbons (Fsp3) is 0.154. The number of hydrogen-bond acceptors (Lipinski definition) is 5. The fourth-order valence-electron chi connectivity index (χ4n) is 1.88. The Balaban J connectivity index is 2.04. The van der Waals surface area contributed by atoms with Gasteiger partial charge in [0.1, 0.15) is 5.52 Å². The Bertz CT molecular complexity index is 787. The van der Waals surface area contributed by atoms with Crippen molar-refractivity contribution in [1.82, 2.24) is 19.9 Å². The smallest absolute Gasteiger partial charge is 0.226 e. The first-order chi connectivity index (χ1) is 10.2. The molecule has 0 spiro atoms. The highest BCUT2D eigenvalue weighted by Gasteiger charge is 2.11. The van der Waals surface area contributed by atoms with E-state index in [1.165, 1.54) is 0 Å². The van der Waals surface area contributed by atoms with Crippen LogP contribution < -0.4 is 10.6 Å². The number of halogens is 2. The third-order valence-electron chi connectivity index (χ3n) is 2.80. The SMILES string of the molecule is CCNc1nc(Nc2ccc(Br)cc2Cl)c2[nH]cnc2n1. The summed E-state index contributed by atoms with van der Waals surface area (Å²) in [5.74, 6) is 1.14. The van der Waals surface area contributed by atoms with E-state index in [1.54, 1.807) is 6.33 Å². The predicted molar refractivity (Wildman–Crippen MR) is 88.3 cm³/mol. The molecule has 0 aliphatic heterocycles. The summed E-state index contributed by atoms with van der Waals surface area (Å²) in [7, 11) is 0. The van der Waals surface area contributed by atoms with E-state index < -0.39 is 0 Å². The van der Waals surface area contributed by atoms with E-state index >= 15 is 0 Å². The van der Waals surface area contributed by atoms with Gasteiger partial charge in [0.2, 0.25) is 5.95 Å². The zero-order chi connectivity index (χ0) is 14.8. The molecule has 1 aromatic carbocycles. The van der Waals surface area contributed by atoms with Gasteiger partial charge in [-0.3, -0.25) is 0 Å². The molecule has 21 heavy (non-hydrogen) atoms. The summed E-state index contributed by atoms with van der Waals surface area (Å²) in [5.41, 5.74) is 2.09. The molecule has 8 heteroatoms. The predicted octanol–water partition coefficient (Wildman–Crippen LogP) is 3.94. The third kappa shape index (κ3) is 2.93. The molecule has 0 saturated carbocycles. The van der Waals surface area contributed by atoms with Gasteiger partial charge < -0.3 is 15.6 Å². The van der Waals surface area contributed by atoms with Crippen LogP contribution in [0.4, 0.5) is 17.5 Å². The van der Waals surface area contributed by atoms with Crippen molar-refractivity contribution in [2.45, 2.75) is 6.92 Å². The lowest BCUT2D eigenvalue weighted by molar-refractivity contribution is 1.10. The molecule has 0 aliphatic carbocycles. The first kappa shape index (κ1) is 14.1. The molecule has 0 amide bonds. The molecular weight excluding hydrogens is 356 g/mol. The van der Waals surface area contributed by atoms with Crippen molar-refractivity contribution in [3.05, 3.63) is 34.0 Å². The highest BCUT2D eigenvalue weighted by molar-refractivity contribution is 9.10. The standard InChI is InChI=1S/C13H12BrClN6/c1-2-16-13-20-11-10(17-6-18-11)12(21-13)19-9-4-3-7(14)5-8(9)15/h3-6H,2H2,1H3,(H3,16,17,18,19,20,21). The molecule has 0 bridgehead atoms. The van der Waals surface area contributed by atoms with Gasteiger partial charge in [-0.25, -0.2) is 4.98 Å². The lowest BCUT2D eigenvalue weighted by Crippen LogP contribution is -2.05. The number of aromatic nitrogens is 4. The van der Waals surface area contributed by atoms with Crippen molar-refractivity contribution in [2.24, 2.45) is 0 Å². The monoisotopic (exact) mass is 366 g/mol. The number of H-pyrrole nitrogens is 1. The molecule has 3 rings (SSSR count). The van der Waals surface area contributed by atoms with Gasteiger partial charge >= 0.3 is 0 Å². The van der Waals surface area contributed by atoms with Gasteiger partial charge in [0.15, 0.2) is 11.5 Å². The fourth-order valence-corrected chi connectivity index (χ4v) is 2.60. The second kappa shape index (κ2) is 5.87. The average Bonchev–Trinajstić information content (AvgIpc) is 2.91. The molecule has 0 unspecified atom stereocenters. The summed E-state index contributed by atoms with van der Waals surface area (Å²) in [5, 5.41) is 6.89. The van der Waals surface area contributed by atoms with E-state index in [9.17, 15) is 0 Å². The number of rotatable bonds is 4. The van der Waals surface area contributed by atoms with Gasteiger partial charge in [-0.2, -0.15) is 9.97 Å². The Morgan fingerprint density at radius 1 is 1.33 bits per heavy atom. The highest BCUT2D eigenvalue weighted by Crippen LogP contribution is 2.30. The summed E-state index contributed by atoms with van der Waals surface area (Å²) < 4.78 is 0.917. The zero-order valence-electron chi connectivity index (χ0n) is 11.1. The third-order valence-corrected chi connectivity index (χ3v) is 3.61. The maximum Gasteiger partial charge on any atom is 0.226 e. The summed E-state index contributed by atoms with van der Waals surface area (Å²) in [4.78, 5) is 16.0. The molecule has 3 N–H and O–H groups in total. The Hall–Kier alpha value is -1.86. The minimum absolute atomic E-state index is 0.521. The molecule has 0 atom stereocenters. The normalized spacial score (nSPS) is 10.8. The number of benzene rings is 1. The van der Waals surface area contributed by atoms with Crippen LogP contribution in [0, 0.1) is 0 Å². The quantitative estimate of drug-likeness (QED) is 0.651. The molecule has 2 aromatic heterocycles. The molecule has 0 aliphatic rings. The Kier molecular flexibility index (Phi) is 3.94. The first-order valence-corrected chi connectivity index (χ1v) is 7.51. The first-order valence-electron chi connectivity index (χ1n) is 6.34. The van der Waals surface area contributed by atoms with Crippen molar-refractivity contribution >= 4 is 56.1 Å². The number of nitrogens with zero attached hydrogens (tertiary/aromatic N) is 3. The van der Waals surface area contributed by atoms with Crippen LogP contribution in [-0.4, -0.2) is 26.5 Å². The van der Waals surface area contributed by atoms with Crippen LogP contribution in [0.5, 0.6) is 0 Å². The number of aromatic amines is 1. The Morgan fingerprint density at radius 3 is 2.95 bits per heavy atom. The molecule has 0 saturated heterocycles. The van der Waals surface area contributed by atoms with Crippen molar-refractivity contribution in [3.63, 3.8) is 0 Å². The summed E-state index contributed by atoms with van der Waals surface area (Å²) in [6, 6.07) is 5.61. The van der Waals surface area contributed by atoms with Crippen LogP contribution >= 0.6 is 27.5 Å². The second-order valence-corrected chi connectivity index (χ2v) is 5.60. The van der Waals surface area contributed by atoms with Gasteiger partial charge in [-0.05, 0) is 25.1 Å². The van der Waals surface area contributed by atoms with Crippen LogP contribution in [0.2, 0.25) is 5.02 Å². The van der Waals surface area contributed by atoms with Crippen LogP contribution in [0.15, 0.2) is 29.0 Å². The molecule has 3 aromatic rings. The number of anilines is 3. The Morgan fingerprint density at radius 2 is 2.19 bits per heavy atom. The van der Waals surface area contributed by atoms with Gasteiger partial charge in [0, 0.05) is 11.0 Å². The molecule has 0 fully saturated rings. The molecule has 0 radical (unpaired) electrons. The average molecular weight is 368 g/mol. The van der Waals surface area contributed by atoms with Crippen LogP contribution in [0.3, 0.4) is 0 Å². The van der Waals surface area contributed by atoms with Gasteiger partial charge in [0.25, 0.3) is 0 Å². The van der Waals surface area contributed by atoms with Crippen molar-refractivity contribution in [2.75, 3.05) is 17.2 Å². The maximum atomic E-state index is 6.23. The van der Waals surface area contributed by atoms with E-state index in [2.05, 4.69) is 46.5 Å². The lowest BCUT2D eigenvalue weighted by atomic mass is 10.3. The van der Waals surface area contributed by atoms with Crippen LogP contribution in [0.25, 0.3) is 11.2 Å². The van der Waals surface area contributed by atoms with E-state index in [-0.39, 0.29) is 0 Å². The van der Waals surface area contributed by atoms with E-state index in [0.29, 0.717) is 22.4 Å². The van der Waals surface area contributed by atoms with E-state index in [0.717, 1.165) is 22.2 Å². The molecule has 6 nitrogen and oxygen atoms in total. The maximum absolute atomic E-state index is 6.23. The van der Waals surface area contributed by atoms with Crippen LogP contribution in [-0.2, 0) is 0 Å². The van der Waals surface area contributed by atoms with Crippen molar-refractivity contribution in [3.8, 4) is 0 Å². The number of nitrogens with one attached hydrogen (secondary N) is 3. The number of fused-ring (bicyclic) bond motifs is 1. The van der Waals surface area contributed by atoms with Gasteiger partial charge in [0.05, 0.1) is 17.0 Å². The summed E-state index contributed by atoms with van der Waals surface area (Å²) in [6.07, 6.45) is 1.59. The van der Waals surface area contributed by atoms with Gasteiger partial charge in [-0.1, -0.05) is 27.5 Å². The van der Waals surface area contributed by atoms with Crippen LogP contribution in [0.1, 0.15) is 6.92 Å². The molecule has 2 heterocycles. The summed E-state index contributed by atoms with van der Waals surface area (Å²) in [6.45, 7) is 2.71. The highest BCUT2D eigenvalue weighted by atomic mass is 79.9. The molecule has 108 valence electrons. The summed E-state index contributed by atoms with van der Waals surface area (Å²) >= 11 is 9.61. The van der Waals surface area contributed by atoms with Crippen molar-refractivity contribution in [1.29, 1.82) is 0 Å². The lowest BCUT2D eigenvalue weighted by Gasteiger charge is -2.10. The number of hydrogen-bond donors (Lipinski definition) is 3. The van der Waals surface area contributed by atoms with E-state index in [1.807, 2.05) is 25.1 Å². The topological polar surface area (TPSA) is 78.5 Å². The van der Waals surface area contributed by atoms with E-state index in [4.69, 9.17) is 11.6 Å². The minimum Gasteiger partial charge on any atom is -0.354 e. The van der Waals surface area contributed by atoms with Gasteiger partial charge in [-0.15, -0.1) is 0 Å². The minimum atomic E-state index is 0.521.